The molecule has 0 aromatic carbocycles. The Labute approximate surface area is 169 Å². The van der Waals surface area contributed by atoms with Crippen molar-refractivity contribution in [2.45, 2.75) is 98.8 Å². The van der Waals surface area contributed by atoms with E-state index in [4.69, 9.17) is 0 Å². The molecule has 0 nitrogen and oxygen atoms in total. The molecule has 0 heteroatoms. The molecule has 0 aromatic heterocycles. The van der Waals surface area contributed by atoms with Crippen LogP contribution in [0.5, 0.6) is 0 Å². The van der Waals surface area contributed by atoms with Gasteiger partial charge in [-0.2, -0.15) is 0 Å². The third-order valence-corrected chi connectivity index (χ3v) is 8.21. The monoisotopic (exact) mass is 368 g/mol. The van der Waals surface area contributed by atoms with Crippen LogP contribution < -0.4 is 0 Å². The van der Waals surface area contributed by atoms with Gasteiger partial charge in [0.15, 0.2) is 0 Å². The maximum atomic E-state index is 2.63. The minimum atomic E-state index is 0.498. The number of hydrogen-bond acceptors (Lipinski definition) is 0. The molecule has 0 spiro atoms. The van der Waals surface area contributed by atoms with Gasteiger partial charge in [-0.05, 0) is 91.1 Å². The van der Waals surface area contributed by atoms with Crippen LogP contribution >= 0.6 is 0 Å². The van der Waals surface area contributed by atoms with Crippen LogP contribution in [0.1, 0.15) is 98.8 Å². The zero-order valence-electron chi connectivity index (χ0n) is 18.8. The van der Waals surface area contributed by atoms with Gasteiger partial charge in [0.25, 0.3) is 0 Å². The number of hydrogen-bond donors (Lipinski definition) is 0. The molecule has 3 aliphatic rings. The van der Waals surface area contributed by atoms with E-state index >= 15 is 0 Å². The largest absolute Gasteiger partial charge is 0.0810 e. The first kappa shape index (κ1) is 20.9. The standard InChI is InChI=1S/C27H44/c1-20(2)9-6-10-22(4)26-17-16-25-13-7-11-24-19-21(3)14-15-23(24)12-8-18-27(25,26)5/h7,11-13,20-22,25-26H,6,8-10,14-19H2,1-5H3/b13-7+,23-12+,24-11-. The van der Waals surface area contributed by atoms with E-state index in [1.54, 1.807) is 11.1 Å². The molecule has 0 heterocycles. The summed E-state index contributed by atoms with van der Waals surface area (Å²) in [5, 5.41) is 0. The summed E-state index contributed by atoms with van der Waals surface area (Å²) >= 11 is 0. The molecule has 0 radical (unpaired) electrons. The van der Waals surface area contributed by atoms with E-state index in [0.717, 1.165) is 29.6 Å². The average molecular weight is 369 g/mol. The van der Waals surface area contributed by atoms with E-state index in [9.17, 15) is 0 Å². The third-order valence-electron chi connectivity index (χ3n) is 8.21. The quantitative estimate of drug-likeness (QED) is 0.456. The molecule has 0 bridgehead atoms. The first-order valence-corrected chi connectivity index (χ1v) is 12.0. The maximum Gasteiger partial charge on any atom is -0.0173 e. The fourth-order valence-electron chi connectivity index (χ4n) is 6.41. The molecule has 3 aliphatic carbocycles. The first-order valence-electron chi connectivity index (χ1n) is 12.0. The van der Waals surface area contributed by atoms with E-state index < -0.39 is 0 Å². The van der Waals surface area contributed by atoms with Gasteiger partial charge in [-0.3, -0.25) is 0 Å². The van der Waals surface area contributed by atoms with Crippen LogP contribution in [0.4, 0.5) is 0 Å². The molecule has 27 heavy (non-hydrogen) atoms. The summed E-state index contributed by atoms with van der Waals surface area (Å²) in [5.74, 6) is 4.28. The summed E-state index contributed by atoms with van der Waals surface area (Å²) in [6, 6.07) is 0. The van der Waals surface area contributed by atoms with Gasteiger partial charge in [0.1, 0.15) is 0 Å². The molecule has 2 fully saturated rings. The Bertz CT molecular complexity index is 575. The molecule has 3 rings (SSSR count). The molecule has 152 valence electrons. The Morgan fingerprint density at radius 2 is 1.89 bits per heavy atom. The van der Waals surface area contributed by atoms with Crippen LogP contribution in [0.15, 0.2) is 35.5 Å². The fraction of sp³-hybridized carbons (Fsp3) is 0.778. The highest BCUT2D eigenvalue weighted by molar-refractivity contribution is 5.36. The van der Waals surface area contributed by atoms with Crippen molar-refractivity contribution in [1.82, 2.24) is 0 Å². The van der Waals surface area contributed by atoms with Crippen molar-refractivity contribution in [1.29, 1.82) is 0 Å². The van der Waals surface area contributed by atoms with Crippen molar-refractivity contribution in [3.8, 4) is 0 Å². The van der Waals surface area contributed by atoms with E-state index in [1.807, 2.05) is 0 Å². The summed E-state index contributed by atoms with van der Waals surface area (Å²) < 4.78 is 0. The molecule has 0 amide bonds. The topological polar surface area (TPSA) is 0 Å². The Kier molecular flexibility index (Phi) is 7.09. The Morgan fingerprint density at radius 1 is 1.07 bits per heavy atom. The molecular formula is C27H44. The molecule has 0 saturated heterocycles. The van der Waals surface area contributed by atoms with Gasteiger partial charge in [-0.25, -0.2) is 0 Å². The molecule has 2 saturated carbocycles. The second-order valence-electron chi connectivity index (χ2n) is 10.8. The van der Waals surface area contributed by atoms with Crippen LogP contribution in [0.2, 0.25) is 0 Å². The predicted molar refractivity (Wildman–Crippen MR) is 120 cm³/mol. The van der Waals surface area contributed by atoms with Gasteiger partial charge in [-0.1, -0.05) is 78.2 Å². The van der Waals surface area contributed by atoms with Crippen molar-refractivity contribution in [2.75, 3.05) is 0 Å². The lowest BCUT2D eigenvalue weighted by Crippen LogP contribution is -2.32. The smallest absolute Gasteiger partial charge is 0.0173 e. The summed E-state index contributed by atoms with van der Waals surface area (Å²) in [6.45, 7) is 12.3. The molecule has 0 aliphatic heterocycles. The van der Waals surface area contributed by atoms with Gasteiger partial charge in [0, 0.05) is 0 Å². The number of allylic oxidation sites excluding steroid dienone is 6. The molecule has 0 aromatic rings. The Morgan fingerprint density at radius 3 is 2.67 bits per heavy atom. The van der Waals surface area contributed by atoms with Gasteiger partial charge in [0.2, 0.25) is 0 Å². The minimum absolute atomic E-state index is 0.498. The van der Waals surface area contributed by atoms with Gasteiger partial charge >= 0.3 is 0 Å². The fourth-order valence-corrected chi connectivity index (χ4v) is 6.41. The zero-order valence-corrected chi connectivity index (χ0v) is 18.8. The van der Waals surface area contributed by atoms with Crippen LogP contribution in [0.25, 0.3) is 0 Å². The normalized spacial score (nSPS) is 40.3. The summed E-state index contributed by atoms with van der Waals surface area (Å²) in [7, 11) is 0. The lowest BCUT2D eigenvalue weighted by atomic mass is 9.65. The Balaban J connectivity index is 1.73. The molecule has 5 unspecified atom stereocenters. The summed E-state index contributed by atoms with van der Waals surface area (Å²) in [6.07, 6.45) is 23.8. The second kappa shape index (κ2) is 9.15. The minimum Gasteiger partial charge on any atom is -0.0810 e. The SMILES string of the molecule is CC(C)CCCC(C)C1CCC2/C=C/C=C3/CC(C)CC/C3=C\CCC21C. The lowest BCUT2D eigenvalue weighted by Gasteiger charge is -2.40. The number of fused-ring (bicyclic) bond motifs is 2. The van der Waals surface area contributed by atoms with Crippen molar-refractivity contribution in [2.24, 2.45) is 35.0 Å². The summed E-state index contributed by atoms with van der Waals surface area (Å²) in [4.78, 5) is 0. The van der Waals surface area contributed by atoms with E-state index in [1.165, 1.54) is 64.2 Å². The van der Waals surface area contributed by atoms with E-state index in [0.29, 0.717) is 5.41 Å². The van der Waals surface area contributed by atoms with Crippen molar-refractivity contribution in [3.05, 3.63) is 35.5 Å². The highest BCUT2D eigenvalue weighted by Crippen LogP contribution is 2.55. The van der Waals surface area contributed by atoms with Crippen LogP contribution in [0.3, 0.4) is 0 Å². The van der Waals surface area contributed by atoms with Crippen LogP contribution in [-0.4, -0.2) is 0 Å². The van der Waals surface area contributed by atoms with Gasteiger partial charge in [-0.15, -0.1) is 0 Å². The van der Waals surface area contributed by atoms with Crippen LogP contribution in [0, 0.1) is 35.0 Å². The van der Waals surface area contributed by atoms with Gasteiger partial charge in [0.05, 0.1) is 0 Å². The predicted octanol–water partition coefficient (Wildman–Crippen LogP) is 8.50. The molecule has 0 N–H and O–H groups in total. The average Bonchev–Trinajstić information content (AvgIpc) is 2.93. The highest BCUT2D eigenvalue weighted by Gasteiger charge is 2.46. The van der Waals surface area contributed by atoms with Gasteiger partial charge < -0.3 is 0 Å². The van der Waals surface area contributed by atoms with Crippen molar-refractivity contribution < 1.29 is 0 Å². The maximum absolute atomic E-state index is 2.63. The van der Waals surface area contributed by atoms with Crippen molar-refractivity contribution >= 4 is 0 Å². The number of rotatable bonds is 5. The third kappa shape index (κ3) is 4.99. The second-order valence-corrected chi connectivity index (χ2v) is 10.8. The lowest BCUT2D eigenvalue weighted by molar-refractivity contribution is 0.117. The Hall–Kier alpha value is -0.780. The zero-order chi connectivity index (χ0) is 19.4. The highest BCUT2D eigenvalue weighted by atomic mass is 14.5. The molecular weight excluding hydrogens is 324 g/mol. The first-order chi connectivity index (χ1) is 12.9. The molecule has 5 atom stereocenters. The van der Waals surface area contributed by atoms with E-state index in [2.05, 4.69) is 58.9 Å². The summed E-state index contributed by atoms with van der Waals surface area (Å²) in [5.41, 5.74) is 3.79. The van der Waals surface area contributed by atoms with E-state index in [-0.39, 0.29) is 0 Å². The van der Waals surface area contributed by atoms with Crippen molar-refractivity contribution in [3.63, 3.8) is 0 Å². The van der Waals surface area contributed by atoms with Crippen LogP contribution in [-0.2, 0) is 0 Å².